The van der Waals surface area contributed by atoms with Crippen molar-refractivity contribution in [3.8, 4) is 5.75 Å². The van der Waals surface area contributed by atoms with Crippen LogP contribution in [0.15, 0.2) is 53.0 Å². The van der Waals surface area contributed by atoms with Crippen LogP contribution in [0.1, 0.15) is 25.0 Å². The van der Waals surface area contributed by atoms with Gasteiger partial charge < -0.3 is 9.64 Å². The van der Waals surface area contributed by atoms with Gasteiger partial charge in [0, 0.05) is 22.8 Å². The Morgan fingerprint density at radius 1 is 0.957 bits per heavy atom. The summed E-state index contributed by atoms with van der Waals surface area (Å²) in [6, 6.07) is 16.7. The number of hydrogen-bond acceptors (Lipinski definition) is 2. The smallest absolute Gasteiger partial charge is 0.226 e. The number of likely N-dealkylation sites (N-methyl/N-ethyl adjacent to an activating group) is 1. The van der Waals surface area contributed by atoms with Crippen LogP contribution in [0.4, 0.5) is 5.69 Å². The van der Waals surface area contributed by atoms with E-state index in [2.05, 4.69) is 88.0 Å². The van der Waals surface area contributed by atoms with Gasteiger partial charge in [0.05, 0.1) is 9.90 Å². The number of fused-ring (bicyclic) bond motifs is 2. The van der Waals surface area contributed by atoms with Crippen LogP contribution in [0.3, 0.4) is 0 Å². The highest BCUT2D eigenvalue weighted by Gasteiger charge is 2.61. The van der Waals surface area contributed by atoms with Gasteiger partial charge in [0.2, 0.25) is 5.72 Å². The lowest BCUT2D eigenvalue weighted by molar-refractivity contribution is 0.0550. The van der Waals surface area contributed by atoms with E-state index in [0.717, 1.165) is 20.3 Å². The van der Waals surface area contributed by atoms with Crippen molar-refractivity contribution in [3.05, 3.63) is 64.1 Å². The Bertz CT molecular complexity index is 843. The predicted octanol–water partition coefficient (Wildman–Crippen LogP) is 5.66. The molecule has 0 radical (unpaired) electrons. The molecule has 0 aromatic heterocycles. The van der Waals surface area contributed by atoms with Crippen molar-refractivity contribution in [1.29, 1.82) is 0 Å². The van der Waals surface area contributed by atoms with Crippen molar-refractivity contribution in [1.82, 2.24) is 0 Å². The van der Waals surface area contributed by atoms with Crippen molar-refractivity contribution in [2.45, 2.75) is 25.0 Å². The molecule has 2 heterocycles. The number of halogens is 2. The third kappa shape index (κ3) is 1.74. The molecule has 4 heteroatoms. The van der Waals surface area contributed by atoms with Gasteiger partial charge in [0.15, 0.2) is 0 Å². The van der Waals surface area contributed by atoms with Gasteiger partial charge in [0.25, 0.3) is 0 Å². The van der Waals surface area contributed by atoms with Gasteiger partial charge in [0.1, 0.15) is 5.75 Å². The lowest BCUT2D eigenvalue weighted by atomic mass is 9.76. The zero-order valence-electron chi connectivity index (χ0n) is 13.2. The largest absolute Gasteiger partial charge is 0.461 e. The first-order valence-electron chi connectivity index (χ1n) is 7.59. The second kappa shape index (κ2) is 4.87. The average Bonchev–Trinajstić information content (AvgIpc) is 2.72. The Balaban J connectivity index is 2.02. The molecule has 0 saturated carbocycles. The SMILES string of the molecule is CN1c2ccccc2C(C)(C)C12Oc1ccccc1C(Br)=C2Br. The average molecular weight is 435 g/mol. The Morgan fingerprint density at radius 2 is 1.61 bits per heavy atom. The fourth-order valence-electron chi connectivity index (χ4n) is 3.89. The topological polar surface area (TPSA) is 12.5 Å². The van der Waals surface area contributed by atoms with E-state index in [0.29, 0.717) is 0 Å². The molecule has 1 unspecified atom stereocenters. The Hall–Kier alpha value is -1.26. The molecule has 4 rings (SSSR count). The van der Waals surface area contributed by atoms with Gasteiger partial charge in [-0.3, -0.25) is 0 Å². The summed E-state index contributed by atoms with van der Waals surface area (Å²) in [5.41, 5.74) is 2.74. The van der Waals surface area contributed by atoms with Crippen molar-refractivity contribution >= 4 is 42.0 Å². The molecule has 0 amide bonds. The number of anilines is 1. The van der Waals surface area contributed by atoms with Crippen LogP contribution in [0.25, 0.3) is 4.48 Å². The molecule has 23 heavy (non-hydrogen) atoms. The molecule has 1 spiro atoms. The van der Waals surface area contributed by atoms with Gasteiger partial charge in [-0.15, -0.1) is 0 Å². The predicted molar refractivity (Wildman–Crippen MR) is 102 cm³/mol. The summed E-state index contributed by atoms with van der Waals surface area (Å²) in [4.78, 5) is 2.24. The molecule has 1 atom stereocenters. The number of para-hydroxylation sites is 2. The number of nitrogens with zero attached hydrogens (tertiary/aromatic N) is 1. The molecule has 2 aromatic rings. The standard InChI is InChI=1S/C19H17Br2NO/c1-18(2)13-9-5-6-10-14(13)22(3)19(18)17(21)16(20)12-8-4-7-11-15(12)23-19/h4-11H,1-3H3. The summed E-state index contributed by atoms with van der Waals surface area (Å²) in [6.45, 7) is 4.48. The monoisotopic (exact) mass is 433 g/mol. The molecule has 0 bridgehead atoms. The normalized spacial score (nSPS) is 24.5. The summed E-state index contributed by atoms with van der Waals surface area (Å²) < 4.78 is 8.73. The Morgan fingerprint density at radius 3 is 2.35 bits per heavy atom. The quantitative estimate of drug-likeness (QED) is 0.530. The zero-order chi connectivity index (χ0) is 16.4. The highest BCUT2D eigenvalue weighted by molar-refractivity contribution is 9.16. The lowest BCUT2D eigenvalue weighted by Crippen LogP contribution is -2.60. The maximum atomic E-state index is 6.66. The Kier molecular flexibility index (Phi) is 3.23. The summed E-state index contributed by atoms with van der Waals surface area (Å²) >= 11 is 7.64. The first-order chi connectivity index (χ1) is 10.9. The molecule has 2 nitrogen and oxygen atoms in total. The second-order valence-corrected chi connectivity index (χ2v) is 8.16. The summed E-state index contributed by atoms with van der Waals surface area (Å²) in [5, 5.41) is 0. The van der Waals surface area contributed by atoms with Crippen LogP contribution in [0.2, 0.25) is 0 Å². The fourth-order valence-corrected chi connectivity index (χ4v) is 5.54. The molecular formula is C19H17Br2NO. The minimum absolute atomic E-state index is 0.219. The van der Waals surface area contributed by atoms with E-state index in [1.807, 2.05) is 18.2 Å². The molecule has 118 valence electrons. The van der Waals surface area contributed by atoms with E-state index in [1.54, 1.807) is 0 Å². The van der Waals surface area contributed by atoms with Crippen molar-refractivity contribution in [2.75, 3.05) is 11.9 Å². The molecule has 0 saturated heterocycles. The van der Waals surface area contributed by atoms with E-state index >= 15 is 0 Å². The zero-order valence-corrected chi connectivity index (χ0v) is 16.4. The molecule has 2 aromatic carbocycles. The molecule has 0 fully saturated rings. The third-order valence-electron chi connectivity index (χ3n) is 5.13. The maximum absolute atomic E-state index is 6.66. The van der Waals surface area contributed by atoms with Crippen molar-refractivity contribution in [2.24, 2.45) is 0 Å². The molecule has 2 aliphatic heterocycles. The summed E-state index contributed by atoms with van der Waals surface area (Å²) in [7, 11) is 2.10. The fraction of sp³-hybridized carbons (Fsp3) is 0.263. The first kappa shape index (κ1) is 15.3. The summed E-state index contributed by atoms with van der Waals surface area (Å²) in [5.74, 6) is 0.898. The van der Waals surface area contributed by atoms with E-state index < -0.39 is 5.72 Å². The van der Waals surface area contributed by atoms with Crippen LogP contribution >= 0.6 is 31.9 Å². The van der Waals surface area contributed by atoms with Crippen LogP contribution in [-0.2, 0) is 5.41 Å². The first-order valence-corrected chi connectivity index (χ1v) is 9.17. The van der Waals surface area contributed by atoms with Gasteiger partial charge >= 0.3 is 0 Å². The van der Waals surface area contributed by atoms with Crippen molar-refractivity contribution in [3.63, 3.8) is 0 Å². The van der Waals surface area contributed by atoms with E-state index in [9.17, 15) is 0 Å². The van der Waals surface area contributed by atoms with Crippen molar-refractivity contribution < 1.29 is 4.74 Å². The van der Waals surface area contributed by atoms with Gasteiger partial charge in [-0.1, -0.05) is 36.4 Å². The minimum atomic E-state index is -0.607. The number of rotatable bonds is 0. The lowest BCUT2D eigenvalue weighted by Gasteiger charge is -2.48. The number of benzene rings is 2. The molecule has 2 aliphatic rings. The highest BCUT2D eigenvalue weighted by atomic mass is 79.9. The minimum Gasteiger partial charge on any atom is -0.461 e. The maximum Gasteiger partial charge on any atom is 0.226 e. The van der Waals surface area contributed by atoms with Crippen LogP contribution < -0.4 is 9.64 Å². The highest BCUT2D eigenvalue weighted by Crippen LogP contribution is 2.60. The van der Waals surface area contributed by atoms with Gasteiger partial charge in [-0.25, -0.2) is 0 Å². The third-order valence-corrected chi connectivity index (χ3v) is 7.42. The number of hydrogen-bond donors (Lipinski definition) is 0. The molecule has 0 aliphatic carbocycles. The van der Waals surface area contributed by atoms with Crippen LogP contribution in [0, 0.1) is 0 Å². The van der Waals surface area contributed by atoms with E-state index in [4.69, 9.17) is 4.74 Å². The number of ether oxygens (including phenoxy) is 1. The van der Waals surface area contributed by atoms with E-state index in [-0.39, 0.29) is 5.41 Å². The molecule has 0 N–H and O–H groups in total. The van der Waals surface area contributed by atoms with Gasteiger partial charge in [-0.2, -0.15) is 0 Å². The Labute approximate surface area is 153 Å². The van der Waals surface area contributed by atoms with Gasteiger partial charge in [-0.05, 0) is 63.4 Å². The second-order valence-electron chi connectivity index (χ2n) is 6.57. The molecular weight excluding hydrogens is 418 g/mol. The van der Waals surface area contributed by atoms with Crippen LogP contribution in [0.5, 0.6) is 5.75 Å². The van der Waals surface area contributed by atoms with E-state index in [1.165, 1.54) is 11.3 Å². The summed E-state index contributed by atoms with van der Waals surface area (Å²) in [6.07, 6.45) is 0. The van der Waals surface area contributed by atoms with Crippen LogP contribution in [-0.4, -0.2) is 12.8 Å².